The molecular weight excluding hydrogens is 250 g/mol. The van der Waals surface area contributed by atoms with Crippen molar-refractivity contribution in [3.05, 3.63) is 29.8 Å². The number of benzene rings is 1. The monoisotopic (exact) mass is 269 g/mol. The summed E-state index contributed by atoms with van der Waals surface area (Å²) >= 11 is 0. The number of hydrogen-bond donors (Lipinski definition) is 2. The van der Waals surface area contributed by atoms with Crippen LogP contribution in [0.2, 0.25) is 0 Å². The Morgan fingerprint density at radius 1 is 1.33 bits per heavy atom. The Labute approximate surface area is 110 Å². The minimum Gasteiger partial charge on any atom is -0.396 e. The van der Waals surface area contributed by atoms with Crippen LogP contribution in [0.25, 0.3) is 0 Å². The smallest absolute Gasteiger partial charge is 0.251 e. The lowest BCUT2D eigenvalue weighted by molar-refractivity contribution is 0.0916. The van der Waals surface area contributed by atoms with Crippen molar-refractivity contribution in [2.24, 2.45) is 5.92 Å². The summed E-state index contributed by atoms with van der Waals surface area (Å²) in [6.45, 7) is 3.76. The molecule has 1 aromatic carbocycles. The highest BCUT2D eigenvalue weighted by molar-refractivity contribution is 7.84. The van der Waals surface area contributed by atoms with Crippen molar-refractivity contribution in [1.29, 1.82) is 0 Å². The van der Waals surface area contributed by atoms with Crippen molar-refractivity contribution in [1.82, 2.24) is 5.32 Å². The van der Waals surface area contributed by atoms with Gasteiger partial charge in [0.2, 0.25) is 0 Å². The summed E-state index contributed by atoms with van der Waals surface area (Å²) in [6.07, 6.45) is 1.60. The first-order valence-corrected chi connectivity index (χ1v) is 7.36. The van der Waals surface area contributed by atoms with Gasteiger partial charge in [-0.3, -0.25) is 9.00 Å². The zero-order chi connectivity index (χ0) is 13.7. The van der Waals surface area contributed by atoms with E-state index in [0.29, 0.717) is 10.5 Å². The Balaban J connectivity index is 2.70. The van der Waals surface area contributed by atoms with Crippen LogP contribution in [0, 0.1) is 5.92 Å². The standard InChI is InChI=1S/C13H19NO3S/c1-9(8-15)10(2)14-13(16)11-4-6-12(7-5-11)18(3)17/h4-7,9-10,15H,8H2,1-3H3,(H,14,16). The van der Waals surface area contributed by atoms with Crippen molar-refractivity contribution in [3.63, 3.8) is 0 Å². The summed E-state index contributed by atoms with van der Waals surface area (Å²) in [6, 6.07) is 6.59. The molecule has 3 unspecified atom stereocenters. The zero-order valence-corrected chi connectivity index (χ0v) is 11.7. The van der Waals surface area contributed by atoms with Crippen molar-refractivity contribution >= 4 is 16.7 Å². The van der Waals surface area contributed by atoms with E-state index in [-0.39, 0.29) is 24.5 Å². The van der Waals surface area contributed by atoms with Gasteiger partial charge < -0.3 is 10.4 Å². The van der Waals surface area contributed by atoms with Gasteiger partial charge in [-0.2, -0.15) is 0 Å². The molecule has 100 valence electrons. The predicted molar refractivity (Wildman–Crippen MR) is 72.0 cm³/mol. The number of nitrogens with one attached hydrogen (secondary N) is 1. The van der Waals surface area contributed by atoms with Gasteiger partial charge in [-0.15, -0.1) is 0 Å². The first-order chi connectivity index (χ1) is 8.45. The van der Waals surface area contributed by atoms with Gasteiger partial charge in [0.05, 0.1) is 0 Å². The largest absolute Gasteiger partial charge is 0.396 e. The third kappa shape index (κ3) is 3.92. The first kappa shape index (κ1) is 14.9. The van der Waals surface area contributed by atoms with Gasteiger partial charge in [0, 0.05) is 40.2 Å². The lowest BCUT2D eigenvalue weighted by Gasteiger charge is -2.19. The molecule has 0 saturated heterocycles. The summed E-state index contributed by atoms with van der Waals surface area (Å²) in [4.78, 5) is 12.6. The highest BCUT2D eigenvalue weighted by Crippen LogP contribution is 2.09. The maximum atomic E-state index is 11.9. The third-order valence-electron chi connectivity index (χ3n) is 2.95. The van der Waals surface area contributed by atoms with Gasteiger partial charge in [0.25, 0.3) is 5.91 Å². The predicted octanol–water partition coefficient (Wildman–Crippen LogP) is 1.17. The van der Waals surface area contributed by atoms with E-state index in [1.807, 2.05) is 13.8 Å². The quantitative estimate of drug-likeness (QED) is 0.843. The average Bonchev–Trinajstić information content (AvgIpc) is 2.37. The normalized spacial score (nSPS) is 15.8. The van der Waals surface area contributed by atoms with Crippen LogP contribution in [0.1, 0.15) is 24.2 Å². The molecule has 1 aromatic rings. The topological polar surface area (TPSA) is 66.4 Å². The molecule has 0 bridgehead atoms. The second-order valence-corrected chi connectivity index (χ2v) is 5.78. The zero-order valence-electron chi connectivity index (χ0n) is 10.8. The second kappa shape index (κ2) is 6.66. The minimum absolute atomic E-state index is 0.0105. The highest BCUT2D eigenvalue weighted by atomic mass is 32.2. The van der Waals surface area contributed by atoms with Crippen LogP contribution in [0.3, 0.4) is 0 Å². The van der Waals surface area contributed by atoms with Crippen molar-refractivity contribution < 1.29 is 14.1 Å². The molecule has 1 rings (SSSR count). The van der Waals surface area contributed by atoms with E-state index in [2.05, 4.69) is 5.32 Å². The van der Waals surface area contributed by atoms with E-state index in [4.69, 9.17) is 5.11 Å². The van der Waals surface area contributed by atoms with E-state index >= 15 is 0 Å². The van der Waals surface area contributed by atoms with Gasteiger partial charge in [-0.25, -0.2) is 0 Å². The molecular formula is C13H19NO3S. The number of rotatable bonds is 5. The van der Waals surface area contributed by atoms with E-state index in [1.54, 1.807) is 30.5 Å². The molecule has 0 spiro atoms. The van der Waals surface area contributed by atoms with Crippen molar-refractivity contribution in [2.75, 3.05) is 12.9 Å². The van der Waals surface area contributed by atoms with Gasteiger partial charge in [-0.05, 0) is 37.1 Å². The van der Waals surface area contributed by atoms with E-state index in [9.17, 15) is 9.00 Å². The van der Waals surface area contributed by atoms with E-state index in [1.165, 1.54) is 0 Å². The van der Waals surface area contributed by atoms with Gasteiger partial charge in [0.1, 0.15) is 0 Å². The molecule has 2 N–H and O–H groups in total. The van der Waals surface area contributed by atoms with Crippen LogP contribution >= 0.6 is 0 Å². The Morgan fingerprint density at radius 3 is 2.33 bits per heavy atom. The molecule has 3 atom stereocenters. The molecule has 0 fully saturated rings. The summed E-state index contributed by atoms with van der Waals surface area (Å²) in [5, 5.41) is 11.8. The summed E-state index contributed by atoms with van der Waals surface area (Å²) in [5.41, 5.74) is 0.529. The van der Waals surface area contributed by atoms with Crippen LogP contribution < -0.4 is 5.32 Å². The van der Waals surface area contributed by atoms with Crippen molar-refractivity contribution in [2.45, 2.75) is 24.8 Å². The minimum atomic E-state index is -1.03. The third-order valence-corrected chi connectivity index (χ3v) is 3.88. The number of amides is 1. The molecule has 0 aliphatic heterocycles. The fourth-order valence-electron chi connectivity index (χ4n) is 1.39. The van der Waals surface area contributed by atoms with Crippen LogP contribution in [0.5, 0.6) is 0 Å². The van der Waals surface area contributed by atoms with Crippen LogP contribution in [-0.2, 0) is 10.8 Å². The second-order valence-electron chi connectivity index (χ2n) is 4.40. The molecule has 0 radical (unpaired) electrons. The Morgan fingerprint density at radius 2 is 1.89 bits per heavy atom. The maximum absolute atomic E-state index is 11.9. The first-order valence-electron chi connectivity index (χ1n) is 5.81. The van der Waals surface area contributed by atoms with Crippen LogP contribution in [0.4, 0.5) is 0 Å². The number of aliphatic hydroxyl groups is 1. The van der Waals surface area contributed by atoms with Gasteiger partial charge >= 0.3 is 0 Å². The maximum Gasteiger partial charge on any atom is 0.251 e. The fraction of sp³-hybridized carbons (Fsp3) is 0.462. The number of carbonyl (C=O) groups excluding carboxylic acids is 1. The molecule has 18 heavy (non-hydrogen) atoms. The molecule has 0 saturated carbocycles. The Kier molecular flexibility index (Phi) is 5.50. The lowest BCUT2D eigenvalue weighted by Crippen LogP contribution is -2.38. The van der Waals surface area contributed by atoms with Crippen molar-refractivity contribution in [3.8, 4) is 0 Å². The molecule has 0 aliphatic carbocycles. The van der Waals surface area contributed by atoms with Gasteiger partial charge in [-0.1, -0.05) is 6.92 Å². The van der Waals surface area contributed by atoms with E-state index < -0.39 is 10.8 Å². The number of hydrogen-bond acceptors (Lipinski definition) is 3. The molecule has 0 heterocycles. The number of carbonyl (C=O) groups is 1. The Hall–Kier alpha value is -1.20. The fourth-order valence-corrected chi connectivity index (χ4v) is 1.91. The SMILES string of the molecule is CC(CO)C(C)NC(=O)c1ccc(S(C)=O)cc1. The molecule has 0 aliphatic rings. The summed E-state index contributed by atoms with van der Waals surface area (Å²) < 4.78 is 11.2. The highest BCUT2D eigenvalue weighted by Gasteiger charge is 2.15. The average molecular weight is 269 g/mol. The lowest BCUT2D eigenvalue weighted by atomic mass is 10.0. The summed E-state index contributed by atoms with van der Waals surface area (Å²) in [7, 11) is -1.03. The molecule has 5 heteroatoms. The van der Waals surface area contributed by atoms with Crippen LogP contribution in [-0.4, -0.2) is 34.1 Å². The Bertz CT molecular complexity index is 430. The number of aliphatic hydroxyl groups excluding tert-OH is 1. The molecule has 1 amide bonds. The molecule has 4 nitrogen and oxygen atoms in total. The van der Waals surface area contributed by atoms with E-state index in [0.717, 1.165) is 0 Å². The summed E-state index contributed by atoms with van der Waals surface area (Å²) in [5.74, 6) is -0.174. The van der Waals surface area contributed by atoms with Crippen LogP contribution in [0.15, 0.2) is 29.2 Å². The van der Waals surface area contributed by atoms with Gasteiger partial charge in [0.15, 0.2) is 0 Å². The molecule has 0 aromatic heterocycles.